The summed E-state index contributed by atoms with van der Waals surface area (Å²) < 4.78 is 31.7. The number of carbonyl (C=O) groups is 2. The number of halogens is 4. The molecule has 0 atom stereocenters. The monoisotopic (exact) mass is 402 g/mol. The van der Waals surface area contributed by atoms with Gasteiger partial charge in [-0.3, -0.25) is 9.78 Å². The maximum Gasteiger partial charge on any atom is 0.490 e. The molecule has 5 nitrogen and oxygen atoms in total. The third kappa shape index (κ3) is 7.65. The van der Waals surface area contributed by atoms with Gasteiger partial charge in [-0.15, -0.1) is 0 Å². The van der Waals surface area contributed by atoms with Crippen LogP contribution in [0.1, 0.15) is 24.3 Å². The van der Waals surface area contributed by atoms with Gasteiger partial charge >= 0.3 is 12.1 Å². The van der Waals surface area contributed by atoms with E-state index in [1.165, 1.54) is 0 Å². The molecule has 0 spiro atoms. The van der Waals surface area contributed by atoms with Crippen molar-refractivity contribution in [2.75, 3.05) is 11.4 Å². The number of hydrogen-bond acceptors (Lipinski definition) is 3. The Morgan fingerprint density at radius 1 is 1.19 bits per heavy atom. The predicted molar refractivity (Wildman–Crippen MR) is 95.9 cm³/mol. The molecule has 0 fully saturated rings. The SMILES string of the molecule is CC(C)CN(C(=O)c1ccccn1)c1cccc(Cl)c1.O=C(O)C(F)(F)F. The maximum absolute atomic E-state index is 12.6. The first-order valence-electron chi connectivity index (χ1n) is 7.81. The van der Waals surface area contributed by atoms with Gasteiger partial charge < -0.3 is 10.0 Å². The minimum Gasteiger partial charge on any atom is -0.475 e. The fraction of sp³-hybridized carbons (Fsp3) is 0.278. The van der Waals surface area contributed by atoms with E-state index in [0.717, 1.165) is 5.69 Å². The summed E-state index contributed by atoms with van der Waals surface area (Å²) in [5, 5.41) is 7.74. The number of aliphatic carboxylic acids is 1. The number of carbonyl (C=O) groups excluding carboxylic acids is 1. The molecule has 146 valence electrons. The van der Waals surface area contributed by atoms with Crippen LogP contribution in [0, 0.1) is 5.92 Å². The van der Waals surface area contributed by atoms with Gasteiger partial charge in [0.25, 0.3) is 5.91 Å². The molecule has 0 bridgehead atoms. The Kier molecular flexibility index (Phi) is 8.24. The Bertz CT molecular complexity index is 768. The number of amides is 1. The second-order valence-electron chi connectivity index (χ2n) is 5.81. The number of hydrogen-bond donors (Lipinski definition) is 1. The molecule has 0 unspecified atom stereocenters. The Hall–Kier alpha value is -2.61. The average Bonchev–Trinajstić information content (AvgIpc) is 2.59. The summed E-state index contributed by atoms with van der Waals surface area (Å²) in [6.45, 7) is 4.77. The fourth-order valence-corrected chi connectivity index (χ4v) is 2.13. The topological polar surface area (TPSA) is 70.5 Å². The zero-order valence-electron chi connectivity index (χ0n) is 14.6. The third-order valence-electron chi connectivity index (χ3n) is 3.04. The van der Waals surface area contributed by atoms with Gasteiger partial charge in [-0.25, -0.2) is 4.79 Å². The third-order valence-corrected chi connectivity index (χ3v) is 3.27. The van der Waals surface area contributed by atoms with Gasteiger partial charge in [0.2, 0.25) is 0 Å². The minimum absolute atomic E-state index is 0.110. The van der Waals surface area contributed by atoms with Crippen molar-refractivity contribution in [3.63, 3.8) is 0 Å². The summed E-state index contributed by atoms with van der Waals surface area (Å²) in [6, 6.07) is 12.6. The molecule has 0 aliphatic rings. The first-order valence-corrected chi connectivity index (χ1v) is 8.18. The standard InChI is InChI=1S/C16H17ClN2O.C2HF3O2/c1-12(2)11-19(14-7-5-6-13(17)10-14)16(20)15-8-3-4-9-18-15;3-2(4,5)1(6)7/h3-10,12H,11H2,1-2H3;(H,6,7). The highest BCUT2D eigenvalue weighted by atomic mass is 35.5. The van der Waals surface area contributed by atoms with Gasteiger partial charge in [-0.05, 0) is 36.2 Å². The van der Waals surface area contributed by atoms with E-state index in [0.29, 0.717) is 23.2 Å². The lowest BCUT2D eigenvalue weighted by Crippen LogP contribution is -2.34. The normalized spacial score (nSPS) is 10.8. The van der Waals surface area contributed by atoms with Gasteiger partial charge in [0.1, 0.15) is 5.69 Å². The van der Waals surface area contributed by atoms with Gasteiger partial charge in [0, 0.05) is 23.5 Å². The van der Waals surface area contributed by atoms with Crippen molar-refractivity contribution in [1.29, 1.82) is 0 Å². The summed E-state index contributed by atoms with van der Waals surface area (Å²) in [5.74, 6) is -2.52. The summed E-state index contributed by atoms with van der Waals surface area (Å²) in [7, 11) is 0. The minimum atomic E-state index is -5.08. The highest BCUT2D eigenvalue weighted by molar-refractivity contribution is 6.31. The van der Waals surface area contributed by atoms with Crippen LogP contribution in [-0.2, 0) is 4.79 Å². The quantitative estimate of drug-likeness (QED) is 0.806. The van der Waals surface area contributed by atoms with E-state index in [1.54, 1.807) is 35.4 Å². The van der Waals surface area contributed by atoms with E-state index >= 15 is 0 Å². The van der Waals surface area contributed by atoms with Gasteiger partial charge in [-0.1, -0.05) is 37.6 Å². The number of alkyl halides is 3. The number of carboxylic acids is 1. The Morgan fingerprint density at radius 2 is 1.81 bits per heavy atom. The zero-order valence-corrected chi connectivity index (χ0v) is 15.3. The molecule has 0 radical (unpaired) electrons. The van der Waals surface area contributed by atoms with Crippen LogP contribution in [0.5, 0.6) is 0 Å². The largest absolute Gasteiger partial charge is 0.490 e. The van der Waals surface area contributed by atoms with Crippen LogP contribution >= 0.6 is 11.6 Å². The molecule has 2 aromatic rings. The van der Waals surface area contributed by atoms with E-state index in [4.69, 9.17) is 21.5 Å². The van der Waals surface area contributed by atoms with Crippen molar-refractivity contribution in [1.82, 2.24) is 4.98 Å². The maximum atomic E-state index is 12.6. The molecule has 0 saturated carbocycles. The van der Waals surface area contributed by atoms with Crippen molar-refractivity contribution in [2.24, 2.45) is 5.92 Å². The molecule has 27 heavy (non-hydrogen) atoms. The molecule has 0 aliphatic heterocycles. The summed E-state index contributed by atoms with van der Waals surface area (Å²) in [4.78, 5) is 27.4. The molecule has 1 amide bonds. The van der Waals surface area contributed by atoms with Crippen LogP contribution < -0.4 is 4.90 Å². The predicted octanol–water partition coefficient (Wildman–Crippen LogP) is 4.67. The smallest absolute Gasteiger partial charge is 0.475 e. The van der Waals surface area contributed by atoms with Gasteiger partial charge in [0.05, 0.1) is 0 Å². The molecule has 9 heteroatoms. The lowest BCUT2D eigenvalue weighted by Gasteiger charge is -2.24. The summed E-state index contributed by atoms with van der Waals surface area (Å²) in [5.41, 5.74) is 1.23. The van der Waals surface area contributed by atoms with Crippen LogP contribution in [0.15, 0.2) is 48.7 Å². The molecular weight excluding hydrogens is 385 g/mol. The van der Waals surface area contributed by atoms with Crippen molar-refractivity contribution < 1.29 is 27.9 Å². The molecule has 1 aromatic carbocycles. The van der Waals surface area contributed by atoms with Crippen molar-refractivity contribution in [3.8, 4) is 0 Å². The molecular formula is C18H18ClF3N2O3. The Balaban J connectivity index is 0.000000445. The average molecular weight is 403 g/mol. The van der Waals surface area contributed by atoms with Crippen LogP contribution in [0.4, 0.5) is 18.9 Å². The number of pyridine rings is 1. The number of aromatic nitrogens is 1. The fourth-order valence-electron chi connectivity index (χ4n) is 1.94. The molecule has 0 aliphatic carbocycles. The number of anilines is 1. The van der Waals surface area contributed by atoms with Crippen LogP contribution in [0.3, 0.4) is 0 Å². The number of rotatable bonds is 4. The van der Waals surface area contributed by atoms with Crippen LogP contribution in [-0.4, -0.2) is 34.7 Å². The van der Waals surface area contributed by atoms with E-state index in [2.05, 4.69) is 18.8 Å². The number of nitrogens with zero attached hydrogens (tertiary/aromatic N) is 2. The lowest BCUT2D eigenvalue weighted by molar-refractivity contribution is -0.192. The molecule has 1 aromatic heterocycles. The number of benzene rings is 1. The van der Waals surface area contributed by atoms with E-state index in [1.807, 2.05) is 18.2 Å². The highest BCUT2D eigenvalue weighted by Gasteiger charge is 2.38. The second kappa shape index (κ2) is 9.91. The molecule has 1 heterocycles. The van der Waals surface area contributed by atoms with E-state index < -0.39 is 12.1 Å². The number of carboxylic acid groups (broad SMARTS) is 1. The molecule has 0 saturated heterocycles. The summed E-state index contributed by atoms with van der Waals surface area (Å²) >= 11 is 6.02. The first-order chi connectivity index (χ1) is 12.5. The van der Waals surface area contributed by atoms with E-state index in [-0.39, 0.29) is 5.91 Å². The van der Waals surface area contributed by atoms with Crippen molar-refractivity contribution in [2.45, 2.75) is 20.0 Å². The van der Waals surface area contributed by atoms with Gasteiger partial charge in [0.15, 0.2) is 0 Å². The Morgan fingerprint density at radius 3 is 2.26 bits per heavy atom. The van der Waals surface area contributed by atoms with Crippen LogP contribution in [0.2, 0.25) is 5.02 Å². The second-order valence-corrected chi connectivity index (χ2v) is 6.24. The summed E-state index contributed by atoms with van der Waals surface area (Å²) in [6.07, 6.45) is -3.46. The van der Waals surface area contributed by atoms with E-state index in [9.17, 15) is 18.0 Å². The highest BCUT2D eigenvalue weighted by Crippen LogP contribution is 2.22. The van der Waals surface area contributed by atoms with Crippen molar-refractivity contribution >= 4 is 29.2 Å². The van der Waals surface area contributed by atoms with Crippen molar-refractivity contribution in [3.05, 3.63) is 59.4 Å². The van der Waals surface area contributed by atoms with Gasteiger partial charge in [-0.2, -0.15) is 13.2 Å². The van der Waals surface area contributed by atoms with Crippen LogP contribution in [0.25, 0.3) is 0 Å². The first kappa shape index (κ1) is 22.4. The zero-order chi connectivity index (χ0) is 20.6. The molecule has 2 rings (SSSR count). The molecule has 1 N–H and O–H groups in total. The lowest BCUT2D eigenvalue weighted by atomic mass is 10.1. The Labute approximate surface area is 159 Å².